The van der Waals surface area contributed by atoms with Crippen molar-refractivity contribution in [3.8, 4) is 0 Å². The molecule has 0 aliphatic rings. The maximum absolute atomic E-state index is 8.07. The molecule has 0 spiro atoms. The fourth-order valence-electron chi connectivity index (χ4n) is 0.509. The van der Waals surface area contributed by atoms with Crippen LogP contribution in [0, 0.1) is 0 Å². The Labute approximate surface area is 65.0 Å². The van der Waals surface area contributed by atoms with E-state index in [4.69, 9.17) is 5.02 Å². The first-order valence-corrected chi connectivity index (χ1v) is 4.17. The van der Waals surface area contributed by atoms with Crippen LogP contribution in [0.4, 0.5) is 0 Å². The van der Waals surface area contributed by atoms with Gasteiger partial charge in [-0.3, -0.25) is 0 Å². The number of halogens is 1. The summed E-state index contributed by atoms with van der Waals surface area (Å²) in [6, 6.07) is 0. The molecule has 1 radical (unpaired) electrons. The second kappa shape index (κ2) is 8.46. The molecule has 0 fully saturated rings. The first-order valence-electron chi connectivity index (χ1n) is 3.05. The van der Waals surface area contributed by atoms with Gasteiger partial charge in [0, 0.05) is 11.9 Å². The van der Waals surface area contributed by atoms with Crippen molar-refractivity contribution in [3.63, 3.8) is 0 Å². The number of alkyl halides is 1. The smallest absolute Gasteiger partial charge is 0.429 e. The van der Waals surface area contributed by atoms with Gasteiger partial charge in [-0.05, 0) is 12.8 Å². The van der Waals surface area contributed by atoms with Crippen molar-refractivity contribution in [2.24, 2.45) is 0 Å². The van der Waals surface area contributed by atoms with Crippen molar-refractivity contribution < 1.29 is 9.68 Å². The molecule has 0 aromatic carbocycles. The van der Waals surface area contributed by atoms with Gasteiger partial charge in [-0.2, -0.15) is 0 Å². The minimum atomic E-state index is 0.628. The van der Waals surface area contributed by atoms with E-state index in [1.807, 2.05) is 0 Å². The lowest BCUT2D eigenvalue weighted by Crippen LogP contribution is -1.98. The van der Waals surface area contributed by atoms with E-state index >= 15 is 0 Å². The van der Waals surface area contributed by atoms with Crippen molar-refractivity contribution >= 4 is 23.6 Å². The van der Waals surface area contributed by atoms with Crippen LogP contribution in [0.1, 0.15) is 19.3 Å². The highest BCUT2D eigenvalue weighted by Crippen LogP contribution is 1.97. The molecule has 53 valence electrons. The summed E-state index contributed by atoms with van der Waals surface area (Å²) >= 11 is 3.32. The molecule has 0 unspecified atom stereocenters. The number of hydrogen-bond donors (Lipinski definition) is 1. The Hall–Kier alpha value is 0.465. The van der Waals surface area contributed by atoms with Gasteiger partial charge in [0.2, 0.25) is 0 Å². The molecule has 0 heterocycles. The highest BCUT2D eigenvalue weighted by Gasteiger charge is 1.88. The molecule has 0 atom stereocenters. The summed E-state index contributed by atoms with van der Waals surface area (Å²) in [4.78, 5) is 0. The van der Waals surface area contributed by atoms with Crippen molar-refractivity contribution in [1.29, 1.82) is 0 Å². The number of hydrogen-bond acceptors (Lipinski definition) is 2. The van der Waals surface area contributed by atoms with Gasteiger partial charge >= 0.3 is 7.69 Å². The van der Waals surface area contributed by atoms with Crippen LogP contribution in [0.2, 0.25) is 0 Å². The SMILES string of the molecule is O[B]OCCCCCBr. The van der Waals surface area contributed by atoms with Crippen LogP contribution < -0.4 is 0 Å². The number of unbranched alkanes of at least 4 members (excludes halogenated alkanes) is 2. The van der Waals surface area contributed by atoms with E-state index in [1.165, 1.54) is 6.42 Å². The quantitative estimate of drug-likeness (QED) is 0.389. The predicted octanol–water partition coefficient (Wildman–Crippen LogP) is 1.09. The fourth-order valence-corrected chi connectivity index (χ4v) is 0.906. The molecule has 0 saturated carbocycles. The van der Waals surface area contributed by atoms with Crippen molar-refractivity contribution in [3.05, 3.63) is 0 Å². The third-order valence-electron chi connectivity index (χ3n) is 0.970. The molecule has 1 N–H and O–H groups in total. The topological polar surface area (TPSA) is 29.5 Å². The van der Waals surface area contributed by atoms with Crippen molar-refractivity contribution in [2.45, 2.75) is 19.3 Å². The third kappa shape index (κ3) is 8.46. The summed E-state index contributed by atoms with van der Waals surface area (Å²) in [5.41, 5.74) is 0. The molecule has 0 aliphatic heterocycles. The Balaban J connectivity index is 2.60. The first kappa shape index (κ1) is 9.46. The molecule has 0 bridgehead atoms. The van der Waals surface area contributed by atoms with Gasteiger partial charge in [0.1, 0.15) is 0 Å². The van der Waals surface area contributed by atoms with Crippen LogP contribution in [0.25, 0.3) is 0 Å². The highest BCUT2D eigenvalue weighted by atomic mass is 79.9. The molecular formula is C5H11BBrO2. The van der Waals surface area contributed by atoms with Crippen molar-refractivity contribution in [1.82, 2.24) is 0 Å². The molecule has 0 rings (SSSR count). The van der Waals surface area contributed by atoms with E-state index in [0.29, 0.717) is 6.61 Å². The Morgan fingerprint density at radius 3 is 2.67 bits per heavy atom. The van der Waals surface area contributed by atoms with Crippen LogP contribution >= 0.6 is 15.9 Å². The zero-order valence-corrected chi connectivity index (χ0v) is 6.93. The van der Waals surface area contributed by atoms with Crippen LogP contribution in [-0.2, 0) is 4.65 Å². The molecule has 4 heteroatoms. The minimum absolute atomic E-state index is 0.628. The Morgan fingerprint density at radius 1 is 1.33 bits per heavy atom. The van der Waals surface area contributed by atoms with E-state index in [-0.39, 0.29) is 0 Å². The van der Waals surface area contributed by atoms with E-state index < -0.39 is 0 Å². The van der Waals surface area contributed by atoms with Gasteiger partial charge in [0.15, 0.2) is 0 Å². The molecule has 0 saturated heterocycles. The van der Waals surface area contributed by atoms with Crippen LogP contribution in [-0.4, -0.2) is 24.6 Å². The van der Waals surface area contributed by atoms with Gasteiger partial charge in [-0.1, -0.05) is 22.4 Å². The monoisotopic (exact) mass is 193 g/mol. The van der Waals surface area contributed by atoms with Crippen molar-refractivity contribution in [2.75, 3.05) is 11.9 Å². The summed E-state index contributed by atoms with van der Waals surface area (Å²) in [7, 11) is 0.744. The minimum Gasteiger partial charge on any atom is -0.429 e. The summed E-state index contributed by atoms with van der Waals surface area (Å²) < 4.78 is 4.60. The normalized spacial score (nSPS) is 9.56. The molecule has 0 aromatic rings. The van der Waals surface area contributed by atoms with Crippen LogP contribution in [0.5, 0.6) is 0 Å². The Kier molecular flexibility index (Phi) is 8.90. The van der Waals surface area contributed by atoms with Gasteiger partial charge in [-0.15, -0.1) is 0 Å². The lowest BCUT2D eigenvalue weighted by molar-refractivity contribution is 0.276. The Bertz CT molecular complexity index is 48.2. The maximum atomic E-state index is 8.07. The van der Waals surface area contributed by atoms with Crippen LogP contribution in [0.15, 0.2) is 0 Å². The highest BCUT2D eigenvalue weighted by molar-refractivity contribution is 9.09. The predicted molar refractivity (Wildman–Crippen MR) is 41.6 cm³/mol. The summed E-state index contributed by atoms with van der Waals surface area (Å²) in [5.74, 6) is 0. The number of rotatable bonds is 6. The second-order valence-electron chi connectivity index (χ2n) is 1.73. The fraction of sp³-hybridized carbons (Fsp3) is 1.00. The van der Waals surface area contributed by atoms with E-state index in [1.54, 1.807) is 0 Å². The van der Waals surface area contributed by atoms with Gasteiger partial charge in [-0.25, -0.2) is 0 Å². The Morgan fingerprint density at radius 2 is 2.11 bits per heavy atom. The average molecular weight is 194 g/mol. The molecule has 9 heavy (non-hydrogen) atoms. The second-order valence-corrected chi connectivity index (χ2v) is 2.52. The van der Waals surface area contributed by atoms with Gasteiger partial charge in [0.25, 0.3) is 0 Å². The third-order valence-corrected chi connectivity index (χ3v) is 1.53. The zero-order chi connectivity index (χ0) is 6.95. The first-order chi connectivity index (χ1) is 4.41. The lowest BCUT2D eigenvalue weighted by Gasteiger charge is -1.96. The van der Waals surface area contributed by atoms with Gasteiger partial charge < -0.3 is 9.68 Å². The summed E-state index contributed by atoms with van der Waals surface area (Å²) in [5, 5.41) is 9.12. The standard InChI is InChI=1S/C5H11BBrO2/c7-4-2-1-3-5-9-6-8/h8H,1-5H2. The zero-order valence-electron chi connectivity index (χ0n) is 5.35. The van der Waals surface area contributed by atoms with E-state index in [9.17, 15) is 0 Å². The molecule has 2 nitrogen and oxygen atoms in total. The van der Waals surface area contributed by atoms with E-state index in [2.05, 4.69) is 20.6 Å². The lowest BCUT2D eigenvalue weighted by atomic mass is 10.2. The largest absolute Gasteiger partial charge is 0.485 e. The van der Waals surface area contributed by atoms with Gasteiger partial charge in [0.05, 0.1) is 0 Å². The summed E-state index contributed by atoms with van der Waals surface area (Å²) in [6.07, 6.45) is 3.34. The molecule has 0 amide bonds. The summed E-state index contributed by atoms with van der Waals surface area (Å²) in [6.45, 7) is 0.628. The average Bonchev–Trinajstić information content (AvgIpc) is 1.89. The van der Waals surface area contributed by atoms with Crippen LogP contribution in [0.3, 0.4) is 0 Å². The molecule has 0 aliphatic carbocycles. The molecular weight excluding hydrogens is 183 g/mol. The van der Waals surface area contributed by atoms with E-state index in [0.717, 1.165) is 25.9 Å². The molecule has 0 aromatic heterocycles. The maximum Gasteiger partial charge on any atom is 0.485 e.